The van der Waals surface area contributed by atoms with Gasteiger partial charge in [-0.15, -0.1) is 0 Å². The summed E-state index contributed by atoms with van der Waals surface area (Å²) in [5.41, 5.74) is -0.694. The van der Waals surface area contributed by atoms with Crippen LogP contribution >= 0.6 is 11.6 Å². The fraction of sp³-hybridized carbons (Fsp3) is 0.381. The van der Waals surface area contributed by atoms with E-state index >= 15 is 0 Å². The van der Waals surface area contributed by atoms with Gasteiger partial charge in [0.25, 0.3) is 0 Å². The van der Waals surface area contributed by atoms with Crippen molar-refractivity contribution in [2.75, 3.05) is 29.9 Å². The molecule has 30 heavy (non-hydrogen) atoms. The number of nitrogens with zero attached hydrogens (tertiary/aromatic N) is 1. The van der Waals surface area contributed by atoms with Crippen molar-refractivity contribution >= 4 is 28.9 Å². The van der Waals surface area contributed by atoms with E-state index in [2.05, 4.69) is 5.32 Å². The van der Waals surface area contributed by atoms with E-state index in [1.807, 2.05) is 0 Å². The summed E-state index contributed by atoms with van der Waals surface area (Å²) in [6, 6.07) is 4.79. The largest absolute Gasteiger partial charge is 0.490 e. The summed E-state index contributed by atoms with van der Waals surface area (Å²) in [5.74, 6) is -1.89. The molecule has 4 rings (SSSR count). The summed E-state index contributed by atoms with van der Waals surface area (Å²) in [6.45, 7) is 0.401. The van der Waals surface area contributed by atoms with Crippen LogP contribution in [0.15, 0.2) is 24.3 Å². The molecule has 0 saturated carbocycles. The molecule has 2 N–H and O–H groups in total. The fourth-order valence-corrected chi connectivity index (χ4v) is 4.09. The summed E-state index contributed by atoms with van der Waals surface area (Å²) in [6.07, 6.45) is 1.03. The number of carbonyl (C=O) groups excluding carboxylic acids is 1. The maximum absolute atomic E-state index is 14.2. The number of ether oxygens (including phenoxy) is 1. The Morgan fingerprint density at radius 2 is 1.77 bits per heavy atom. The van der Waals surface area contributed by atoms with Gasteiger partial charge in [-0.3, -0.25) is 4.79 Å². The van der Waals surface area contributed by atoms with Crippen LogP contribution in [0, 0.1) is 17.5 Å². The van der Waals surface area contributed by atoms with Crippen LogP contribution in [-0.4, -0.2) is 36.3 Å². The highest BCUT2D eigenvalue weighted by atomic mass is 35.5. The summed E-state index contributed by atoms with van der Waals surface area (Å²) in [4.78, 5) is 13.1. The Morgan fingerprint density at radius 1 is 1.10 bits per heavy atom. The van der Waals surface area contributed by atoms with E-state index in [1.165, 1.54) is 17.0 Å². The topological polar surface area (TPSA) is 61.8 Å². The smallest absolute Gasteiger partial charge is 0.224 e. The van der Waals surface area contributed by atoms with E-state index in [0.29, 0.717) is 17.7 Å². The third-order valence-electron chi connectivity index (χ3n) is 5.57. The first-order valence-corrected chi connectivity index (χ1v) is 9.99. The van der Waals surface area contributed by atoms with E-state index in [9.17, 15) is 23.1 Å². The van der Waals surface area contributed by atoms with Crippen LogP contribution in [0.1, 0.15) is 24.8 Å². The van der Waals surface area contributed by atoms with Gasteiger partial charge in [0, 0.05) is 30.1 Å². The average molecular weight is 441 g/mol. The third-order valence-corrected chi connectivity index (χ3v) is 5.79. The maximum atomic E-state index is 14.2. The van der Waals surface area contributed by atoms with Crippen LogP contribution in [0.5, 0.6) is 5.75 Å². The second-order valence-electron chi connectivity index (χ2n) is 7.67. The molecule has 0 aromatic heterocycles. The van der Waals surface area contributed by atoms with Gasteiger partial charge in [-0.1, -0.05) is 11.6 Å². The van der Waals surface area contributed by atoms with Gasteiger partial charge in [0.15, 0.2) is 11.6 Å². The standard InChI is InChI=1S/C21H20ClF3N2O3/c22-12-9-15(24)20(16(25)10-12)27-7-5-21(29,6-8-27)11-30-17-3-2-14(23)19-13(17)1-4-18(28)26-19/h2-3,9-10,29H,1,4-8,11H2,(H,26,28). The molecule has 1 amide bonds. The molecule has 0 aliphatic carbocycles. The normalized spacial score (nSPS) is 18.0. The minimum Gasteiger partial charge on any atom is -0.490 e. The first-order valence-electron chi connectivity index (χ1n) is 9.62. The van der Waals surface area contributed by atoms with Crippen molar-refractivity contribution in [1.82, 2.24) is 0 Å². The van der Waals surface area contributed by atoms with Crippen LogP contribution in [0.4, 0.5) is 24.5 Å². The van der Waals surface area contributed by atoms with E-state index in [-0.39, 0.29) is 61.3 Å². The molecule has 0 bridgehead atoms. The lowest BCUT2D eigenvalue weighted by Crippen LogP contribution is -2.48. The van der Waals surface area contributed by atoms with Gasteiger partial charge in [-0.05, 0) is 43.5 Å². The molecule has 2 aromatic carbocycles. The molecule has 1 fully saturated rings. The highest BCUT2D eigenvalue weighted by molar-refractivity contribution is 6.30. The van der Waals surface area contributed by atoms with E-state index in [4.69, 9.17) is 16.3 Å². The zero-order valence-electron chi connectivity index (χ0n) is 16.0. The van der Waals surface area contributed by atoms with Crippen molar-refractivity contribution in [2.24, 2.45) is 0 Å². The number of nitrogens with one attached hydrogen (secondary N) is 1. The highest BCUT2D eigenvalue weighted by Gasteiger charge is 2.35. The number of rotatable bonds is 4. The Morgan fingerprint density at radius 3 is 2.43 bits per heavy atom. The zero-order chi connectivity index (χ0) is 21.5. The Labute approximate surface area is 176 Å². The second-order valence-corrected chi connectivity index (χ2v) is 8.10. The zero-order valence-corrected chi connectivity index (χ0v) is 16.7. The van der Waals surface area contributed by atoms with Gasteiger partial charge in [0.2, 0.25) is 5.91 Å². The number of anilines is 2. The van der Waals surface area contributed by atoms with Crippen molar-refractivity contribution in [3.63, 3.8) is 0 Å². The molecule has 0 atom stereocenters. The minimum absolute atomic E-state index is 0.0190. The molecule has 160 valence electrons. The summed E-state index contributed by atoms with van der Waals surface area (Å²) in [7, 11) is 0. The Kier molecular flexibility index (Phi) is 5.55. The van der Waals surface area contributed by atoms with Gasteiger partial charge < -0.3 is 20.1 Å². The number of aliphatic hydroxyl groups is 1. The number of piperidine rings is 1. The number of fused-ring (bicyclic) bond motifs is 1. The lowest BCUT2D eigenvalue weighted by molar-refractivity contribution is -0.116. The van der Waals surface area contributed by atoms with E-state index in [0.717, 1.165) is 12.1 Å². The van der Waals surface area contributed by atoms with Crippen molar-refractivity contribution in [2.45, 2.75) is 31.3 Å². The second kappa shape index (κ2) is 8.00. The third kappa shape index (κ3) is 4.06. The molecular weight excluding hydrogens is 421 g/mol. The molecule has 9 heteroatoms. The molecule has 2 aliphatic heterocycles. The molecule has 2 heterocycles. The monoisotopic (exact) mass is 440 g/mol. The first-order chi connectivity index (χ1) is 14.3. The lowest BCUT2D eigenvalue weighted by Gasteiger charge is -2.39. The molecule has 0 unspecified atom stereocenters. The number of hydrogen-bond donors (Lipinski definition) is 2. The first kappa shape index (κ1) is 20.8. The molecule has 0 spiro atoms. The molecule has 2 aliphatic rings. The number of halogens is 4. The quantitative estimate of drug-likeness (QED) is 0.753. The van der Waals surface area contributed by atoms with Gasteiger partial charge in [-0.2, -0.15) is 0 Å². The van der Waals surface area contributed by atoms with E-state index < -0.39 is 23.1 Å². The van der Waals surface area contributed by atoms with Crippen molar-refractivity contribution in [3.8, 4) is 5.75 Å². The summed E-state index contributed by atoms with van der Waals surface area (Å²) < 4.78 is 48.1. The van der Waals surface area contributed by atoms with Crippen LogP contribution in [0.3, 0.4) is 0 Å². The SMILES string of the molecule is O=C1CCc2c(OCC3(O)CCN(c4c(F)cc(Cl)cc4F)CC3)ccc(F)c2N1. The number of amides is 1. The van der Waals surface area contributed by atoms with E-state index in [1.54, 1.807) is 0 Å². The van der Waals surface area contributed by atoms with Crippen LogP contribution < -0.4 is 15.0 Å². The Bertz CT molecular complexity index is 971. The van der Waals surface area contributed by atoms with Crippen molar-refractivity contribution in [3.05, 3.63) is 52.3 Å². The molecule has 1 saturated heterocycles. The van der Waals surface area contributed by atoms with Crippen molar-refractivity contribution < 1.29 is 27.8 Å². The van der Waals surface area contributed by atoms with Crippen LogP contribution in [-0.2, 0) is 11.2 Å². The summed E-state index contributed by atoms with van der Waals surface area (Å²) in [5, 5.41) is 13.4. The van der Waals surface area contributed by atoms with Gasteiger partial charge in [-0.25, -0.2) is 13.2 Å². The van der Waals surface area contributed by atoms with Gasteiger partial charge >= 0.3 is 0 Å². The van der Waals surface area contributed by atoms with Crippen LogP contribution in [0.25, 0.3) is 0 Å². The average Bonchev–Trinajstić information content (AvgIpc) is 2.69. The minimum atomic E-state index is -1.20. The fourth-order valence-electron chi connectivity index (χ4n) is 3.90. The predicted molar refractivity (Wildman–Crippen MR) is 107 cm³/mol. The highest BCUT2D eigenvalue weighted by Crippen LogP contribution is 2.36. The molecular formula is C21H20ClF3N2O3. The van der Waals surface area contributed by atoms with Gasteiger partial charge in [0.05, 0.1) is 5.69 Å². The number of hydrogen-bond acceptors (Lipinski definition) is 4. The number of benzene rings is 2. The maximum Gasteiger partial charge on any atom is 0.224 e. The Hall–Kier alpha value is -2.45. The number of carbonyl (C=O) groups is 1. The molecule has 2 aromatic rings. The Balaban J connectivity index is 1.43. The van der Waals surface area contributed by atoms with Crippen molar-refractivity contribution in [1.29, 1.82) is 0 Å². The van der Waals surface area contributed by atoms with Gasteiger partial charge in [0.1, 0.15) is 29.5 Å². The van der Waals surface area contributed by atoms with Crippen LogP contribution in [0.2, 0.25) is 5.02 Å². The lowest BCUT2D eigenvalue weighted by atomic mass is 9.92. The molecule has 0 radical (unpaired) electrons. The summed E-state index contributed by atoms with van der Waals surface area (Å²) >= 11 is 5.67. The molecule has 5 nitrogen and oxygen atoms in total. The predicted octanol–water partition coefficient (Wildman–Crippen LogP) is 4.05.